The van der Waals surface area contributed by atoms with E-state index in [0.717, 1.165) is 29.7 Å². The molecule has 1 aliphatic carbocycles. The number of allylic oxidation sites excluding steroid dienone is 1. The number of carbonyl (C=O) groups is 1. The van der Waals surface area contributed by atoms with E-state index in [2.05, 4.69) is 66.0 Å². The summed E-state index contributed by atoms with van der Waals surface area (Å²) in [7, 11) is 0. The van der Waals surface area contributed by atoms with Crippen LogP contribution in [0.15, 0.2) is 72.3 Å². The fraction of sp³-hybridized carbons (Fsp3) is 0.174. The van der Waals surface area contributed by atoms with Gasteiger partial charge in [-0.15, -0.1) is 0 Å². The van der Waals surface area contributed by atoms with E-state index in [1.54, 1.807) is 0 Å². The topological polar surface area (TPSA) is 29.1 Å². The van der Waals surface area contributed by atoms with Crippen LogP contribution in [0.25, 0.3) is 16.3 Å². The third-order valence-electron chi connectivity index (χ3n) is 5.41. The normalized spacial score (nSPS) is 19.4. The molecule has 25 heavy (non-hydrogen) atoms. The third-order valence-corrected chi connectivity index (χ3v) is 5.41. The van der Waals surface area contributed by atoms with Crippen LogP contribution in [-0.2, 0) is 4.79 Å². The van der Waals surface area contributed by atoms with Crippen LogP contribution in [0.4, 0.5) is 5.69 Å². The van der Waals surface area contributed by atoms with Crippen molar-refractivity contribution in [1.82, 2.24) is 0 Å². The van der Waals surface area contributed by atoms with Gasteiger partial charge in [-0.2, -0.15) is 0 Å². The van der Waals surface area contributed by atoms with Crippen LogP contribution in [0.1, 0.15) is 36.4 Å². The molecule has 5 rings (SSSR count). The largest absolute Gasteiger partial charge is 0.374 e. The summed E-state index contributed by atoms with van der Waals surface area (Å²) in [5.41, 5.74) is 5.62. The first-order valence-corrected chi connectivity index (χ1v) is 8.93. The maximum absolute atomic E-state index is 12.9. The van der Waals surface area contributed by atoms with Crippen LogP contribution in [0, 0.1) is 0 Å². The van der Waals surface area contributed by atoms with Crippen LogP contribution in [0.5, 0.6) is 0 Å². The highest BCUT2D eigenvalue weighted by Gasteiger charge is 2.34. The van der Waals surface area contributed by atoms with E-state index >= 15 is 0 Å². The Morgan fingerprint density at radius 2 is 1.64 bits per heavy atom. The molecule has 1 heterocycles. The molecular weight excluding hydrogens is 306 g/mol. The molecule has 0 amide bonds. The summed E-state index contributed by atoms with van der Waals surface area (Å²) in [5, 5.41) is 6.07. The molecule has 2 nitrogen and oxygen atoms in total. The van der Waals surface area contributed by atoms with Crippen LogP contribution in [0.3, 0.4) is 0 Å². The van der Waals surface area contributed by atoms with E-state index in [0.29, 0.717) is 12.2 Å². The Bertz CT molecular complexity index is 1020. The summed E-state index contributed by atoms with van der Waals surface area (Å²) in [6, 6.07) is 23.2. The van der Waals surface area contributed by atoms with Crippen molar-refractivity contribution in [2.24, 2.45) is 0 Å². The van der Waals surface area contributed by atoms with E-state index < -0.39 is 0 Å². The molecule has 3 aromatic carbocycles. The second-order valence-electron chi connectivity index (χ2n) is 6.87. The smallest absolute Gasteiger partial charge is 0.163 e. The number of hydrogen-bond acceptors (Lipinski definition) is 2. The molecule has 0 radical (unpaired) electrons. The number of rotatable bonds is 1. The Labute approximate surface area is 147 Å². The summed E-state index contributed by atoms with van der Waals surface area (Å²) in [4.78, 5) is 12.9. The zero-order chi connectivity index (χ0) is 16.8. The van der Waals surface area contributed by atoms with Crippen LogP contribution < -0.4 is 5.32 Å². The highest BCUT2D eigenvalue weighted by Crippen LogP contribution is 2.47. The minimum Gasteiger partial charge on any atom is -0.374 e. The molecule has 1 unspecified atom stereocenters. The molecule has 1 N–H and O–H groups in total. The van der Waals surface area contributed by atoms with Crippen LogP contribution >= 0.6 is 0 Å². The minimum absolute atomic E-state index is 0.0918. The molecule has 0 spiro atoms. The van der Waals surface area contributed by atoms with Crippen molar-refractivity contribution in [1.29, 1.82) is 0 Å². The van der Waals surface area contributed by atoms with Gasteiger partial charge in [0.1, 0.15) is 0 Å². The minimum atomic E-state index is 0.0918. The van der Waals surface area contributed by atoms with Crippen molar-refractivity contribution in [3.8, 4) is 0 Å². The van der Waals surface area contributed by atoms with Crippen molar-refractivity contribution in [2.75, 3.05) is 5.32 Å². The van der Waals surface area contributed by atoms with Crippen LogP contribution in [-0.4, -0.2) is 5.78 Å². The van der Waals surface area contributed by atoms with Gasteiger partial charge in [-0.05, 0) is 40.8 Å². The average molecular weight is 325 g/mol. The first-order valence-electron chi connectivity index (χ1n) is 8.93. The number of nitrogens with one attached hydrogen (secondary N) is 1. The highest BCUT2D eigenvalue weighted by molar-refractivity contribution is 6.27. The van der Waals surface area contributed by atoms with Crippen molar-refractivity contribution in [3.63, 3.8) is 0 Å². The van der Waals surface area contributed by atoms with E-state index in [1.807, 2.05) is 6.07 Å². The van der Waals surface area contributed by atoms with Crippen LogP contribution in [0.2, 0.25) is 0 Å². The summed E-state index contributed by atoms with van der Waals surface area (Å²) in [6.45, 7) is 0. The lowest BCUT2D eigenvalue weighted by Crippen LogP contribution is -2.25. The summed E-state index contributed by atoms with van der Waals surface area (Å²) < 4.78 is 0. The maximum Gasteiger partial charge on any atom is 0.163 e. The molecule has 0 aromatic heterocycles. The average Bonchev–Trinajstić information content (AvgIpc) is 2.68. The summed E-state index contributed by atoms with van der Waals surface area (Å²) >= 11 is 0. The Morgan fingerprint density at radius 1 is 0.840 bits per heavy atom. The molecule has 0 saturated heterocycles. The van der Waals surface area contributed by atoms with Crippen molar-refractivity contribution in [2.45, 2.75) is 25.3 Å². The SMILES string of the molecule is O=C1CCCC2=C1c1c(ccc3ccccc13)NC2c1ccccc1. The fourth-order valence-corrected chi connectivity index (χ4v) is 4.29. The first kappa shape index (κ1) is 14.5. The van der Waals surface area contributed by atoms with Gasteiger partial charge < -0.3 is 5.32 Å². The van der Waals surface area contributed by atoms with Gasteiger partial charge in [0.05, 0.1) is 6.04 Å². The predicted octanol–water partition coefficient (Wildman–Crippen LogP) is 5.51. The number of Topliss-reactive ketones (excluding diaryl/α,β-unsaturated/α-hetero) is 1. The second-order valence-corrected chi connectivity index (χ2v) is 6.87. The number of anilines is 1. The molecule has 0 fully saturated rings. The van der Waals surface area contributed by atoms with Crippen molar-refractivity contribution in [3.05, 3.63) is 83.4 Å². The van der Waals surface area contributed by atoms with Gasteiger partial charge in [0.15, 0.2) is 5.78 Å². The van der Waals surface area contributed by atoms with E-state index in [9.17, 15) is 4.79 Å². The number of carbonyl (C=O) groups excluding carboxylic acids is 1. The molecule has 1 atom stereocenters. The lowest BCUT2D eigenvalue weighted by Gasteiger charge is -2.35. The molecule has 0 bridgehead atoms. The van der Waals surface area contributed by atoms with Gasteiger partial charge in [0.2, 0.25) is 0 Å². The van der Waals surface area contributed by atoms with Gasteiger partial charge in [0, 0.05) is 23.2 Å². The maximum atomic E-state index is 12.9. The summed E-state index contributed by atoms with van der Waals surface area (Å²) in [6.07, 6.45) is 2.59. The Kier molecular flexibility index (Phi) is 3.24. The quantitative estimate of drug-likeness (QED) is 0.639. The zero-order valence-electron chi connectivity index (χ0n) is 14.0. The zero-order valence-corrected chi connectivity index (χ0v) is 14.0. The lowest BCUT2D eigenvalue weighted by molar-refractivity contribution is -0.114. The number of fused-ring (bicyclic) bond motifs is 4. The highest BCUT2D eigenvalue weighted by atomic mass is 16.1. The van der Waals surface area contributed by atoms with E-state index in [1.165, 1.54) is 21.9 Å². The van der Waals surface area contributed by atoms with Crippen molar-refractivity contribution >= 4 is 27.8 Å². The van der Waals surface area contributed by atoms with Gasteiger partial charge >= 0.3 is 0 Å². The number of ketones is 1. The number of benzene rings is 3. The fourth-order valence-electron chi connectivity index (χ4n) is 4.29. The molecule has 122 valence electrons. The lowest BCUT2D eigenvalue weighted by atomic mass is 9.77. The van der Waals surface area contributed by atoms with Gasteiger partial charge in [0.25, 0.3) is 0 Å². The third kappa shape index (κ3) is 2.21. The standard InChI is InChI=1S/C23H19NO/c25-20-12-6-11-18-22(20)21-17-10-5-4-7-15(17)13-14-19(21)24-23(18)16-8-2-1-3-9-16/h1-5,7-10,13-14,23-24H,6,11-12H2. The van der Waals surface area contributed by atoms with Crippen molar-refractivity contribution < 1.29 is 4.79 Å². The molecule has 2 aliphatic rings. The molecule has 1 aliphatic heterocycles. The van der Waals surface area contributed by atoms with E-state index in [4.69, 9.17) is 0 Å². The second kappa shape index (κ2) is 5.59. The number of hydrogen-bond donors (Lipinski definition) is 1. The van der Waals surface area contributed by atoms with E-state index in [-0.39, 0.29) is 6.04 Å². The molecule has 3 aromatic rings. The molecular formula is C23H19NO. The first-order chi connectivity index (χ1) is 12.3. The predicted molar refractivity (Wildman–Crippen MR) is 103 cm³/mol. The Balaban J connectivity index is 1.81. The monoisotopic (exact) mass is 325 g/mol. The summed E-state index contributed by atoms with van der Waals surface area (Å²) in [5.74, 6) is 0.293. The molecule has 2 heteroatoms. The van der Waals surface area contributed by atoms with Gasteiger partial charge in [-0.25, -0.2) is 0 Å². The van der Waals surface area contributed by atoms with Gasteiger partial charge in [-0.1, -0.05) is 60.7 Å². The Morgan fingerprint density at radius 3 is 2.52 bits per heavy atom. The molecule has 0 saturated carbocycles. The van der Waals surface area contributed by atoms with Gasteiger partial charge in [-0.3, -0.25) is 4.79 Å². The Hall–Kier alpha value is -2.87.